The summed E-state index contributed by atoms with van der Waals surface area (Å²) in [5.74, 6) is 0.508. The molecule has 0 radical (unpaired) electrons. The maximum Gasteiger partial charge on any atom is 0.307 e. The third-order valence-corrected chi connectivity index (χ3v) is 6.16. The third kappa shape index (κ3) is 4.61. The van der Waals surface area contributed by atoms with E-state index >= 15 is 0 Å². The topological polar surface area (TPSA) is 68.5 Å². The quantitative estimate of drug-likeness (QED) is 0.731. The molecule has 0 saturated heterocycles. The summed E-state index contributed by atoms with van der Waals surface area (Å²) in [5, 5.41) is 4.41. The van der Waals surface area contributed by atoms with Gasteiger partial charge in [-0.1, -0.05) is 37.5 Å². The maximum absolute atomic E-state index is 12.6. The Morgan fingerprint density at radius 1 is 1.23 bits per heavy atom. The number of esters is 1. The number of hydrogen-bond acceptors (Lipinski definition) is 5. The molecule has 6 heteroatoms. The summed E-state index contributed by atoms with van der Waals surface area (Å²) < 4.78 is 10.4. The Morgan fingerprint density at radius 3 is 2.77 bits per heavy atom. The lowest BCUT2D eigenvalue weighted by Crippen LogP contribution is -2.26. The van der Waals surface area contributed by atoms with E-state index in [-0.39, 0.29) is 24.8 Å². The fourth-order valence-electron chi connectivity index (χ4n) is 3.32. The summed E-state index contributed by atoms with van der Waals surface area (Å²) in [5.41, 5.74) is 1.68. The van der Waals surface area contributed by atoms with Crippen LogP contribution < -0.4 is 5.32 Å². The standard InChI is InChI=1S/C20H25NO4S/c1-24-18(22)11-12-21-20(23)19-16(13-26-14-7-3-2-4-8-14)15-9-5-6-10-17(15)25-19/h5-6,9-10,14H,2-4,7-8,11-13H2,1H3,(H,21,23). The molecule has 26 heavy (non-hydrogen) atoms. The molecule has 5 nitrogen and oxygen atoms in total. The summed E-state index contributed by atoms with van der Waals surface area (Å²) >= 11 is 1.92. The van der Waals surface area contributed by atoms with Crippen LogP contribution in [-0.2, 0) is 15.3 Å². The molecule has 3 rings (SSSR count). The molecule has 1 heterocycles. The van der Waals surface area contributed by atoms with Crippen molar-refractivity contribution in [3.8, 4) is 0 Å². The van der Waals surface area contributed by atoms with Crippen molar-refractivity contribution in [2.75, 3.05) is 13.7 Å². The molecular formula is C20H25NO4S. The number of para-hydroxylation sites is 1. The molecule has 0 unspecified atom stereocenters. The van der Waals surface area contributed by atoms with Crippen LogP contribution in [0.2, 0.25) is 0 Å². The van der Waals surface area contributed by atoms with Gasteiger partial charge in [0.05, 0.1) is 13.5 Å². The van der Waals surface area contributed by atoms with Gasteiger partial charge in [-0.25, -0.2) is 0 Å². The highest BCUT2D eigenvalue weighted by molar-refractivity contribution is 7.99. The van der Waals surface area contributed by atoms with Crippen LogP contribution in [0.25, 0.3) is 11.0 Å². The molecule has 0 aliphatic heterocycles. The largest absolute Gasteiger partial charge is 0.469 e. The van der Waals surface area contributed by atoms with Crippen LogP contribution >= 0.6 is 11.8 Å². The zero-order chi connectivity index (χ0) is 18.4. The number of methoxy groups -OCH3 is 1. The van der Waals surface area contributed by atoms with Crippen molar-refractivity contribution >= 4 is 34.6 Å². The molecule has 1 amide bonds. The van der Waals surface area contributed by atoms with Crippen molar-refractivity contribution in [3.05, 3.63) is 35.6 Å². The Labute approximate surface area is 157 Å². The number of benzene rings is 1. The van der Waals surface area contributed by atoms with Crippen LogP contribution in [0.3, 0.4) is 0 Å². The molecular weight excluding hydrogens is 350 g/mol. The number of thioether (sulfide) groups is 1. The third-order valence-electron chi connectivity index (χ3n) is 4.76. The summed E-state index contributed by atoms with van der Waals surface area (Å²) in [4.78, 5) is 23.8. The van der Waals surface area contributed by atoms with Gasteiger partial charge >= 0.3 is 5.97 Å². The molecule has 1 aliphatic carbocycles. The molecule has 1 aromatic carbocycles. The normalized spacial score (nSPS) is 15.1. The first kappa shape index (κ1) is 18.8. The van der Waals surface area contributed by atoms with Crippen LogP contribution in [-0.4, -0.2) is 30.8 Å². The molecule has 2 aromatic rings. The number of carbonyl (C=O) groups is 2. The number of carbonyl (C=O) groups excluding carboxylic acids is 2. The average molecular weight is 375 g/mol. The smallest absolute Gasteiger partial charge is 0.307 e. The lowest BCUT2D eigenvalue weighted by molar-refractivity contribution is -0.140. The van der Waals surface area contributed by atoms with E-state index in [1.807, 2.05) is 36.0 Å². The van der Waals surface area contributed by atoms with E-state index < -0.39 is 0 Å². The second-order valence-electron chi connectivity index (χ2n) is 6.56. The minimum Gasteiger partial charge on any atom is -0.469 e. The van der Waals surface area contributed by atoms with Crippen molar-refractivity contribution in [3.63, 3.8) is 0 Å². The molecule has 1 fully saturated rings. The average Bonchev–Trinajstić information content (AvgIpc) is 3.05. The first-order valence-corrected chi connectivity index (χ1v) is 10.2. The Hall–Kier alpha value is -1.95. The Bertz CT molecular complexity index is 764. The lowest BCUT2D eigenvalue weighted by Gasteiger charge is -2.20. The van der Waals surface area contributed by atoms with Gasteiger partial charge in [0.15, 0.2) is 5.76 Å². The highest BCUT2D eigenvalue weighted by atomic mass is 32.2. The van der Waals surface area contributed by atoms with Crippen molar-refractivity contribution in [2.45, 2.75) is 49.5 Å². The number of nitrogens with one attached hydrogen (secondary N) is 1. The predicted molar refractivity (Wildman–Crippen MR) is 103 cm³/mol. The molecule has 1 aromatic heterocycles. The molecule has 0 atom stereocenters. The summed E-state index contributed by atoms with van der Waals surface area (Å²) in [6, 6.07) is 7.75. The molecule has 0 spiro atoms. The number of ether oxygens (including phenoxy) is 1. The number of rotatable bonds is 7. The molecule has 1 saturated carbocycles. The van der Waals surface area contributed by atoms with Crippen LogP contribution in [0, 0.1) is 0 Å². The molecule has 0 bridgehead atoms. The van der Waals surface area contributed by atoms with Crippen LogP contribution in [0.4, 0.5) is 0 Å². The predicted octanol–water partition coefficient (Wildman–Crippen LogP) is 4.29. The Balaban J connectivity index is 1.73. The van der Waals surface area contributed by atoms with Gasteiger partial charge in [0.1, 0.15) is 5.58 Å². The van der Waals surface area contributed by atoms with Gasteiger partial charge in [-0.15, -0.1) is 0 Å². The first-order valence-electron chi connectivity index (χ1n) is 9.16. The number of hydrogen-bond donors (Lipinski definition) is 1. The zero-order valence-electron chi connectivity index (χ0n) is 15.1. The molecule has 1 aliphatic rings. The molecule has 140 valence electrons. The van der Waals surface area contributed by atoms with E-state index in [9.17, 15) is 9.59 Å². The monoisotopic (exact) mass is 375 g/mol. The highest BCUT2D eigenvalue weighted by Gasteiger charge is 2.22. The minimum absolute atomic E-state index is 0.147. The number of fused-ring (bicyclic) bond motifs is 1. The Kier molecular flexibility index (Phi) is 6.61. The maximum atomic E-state index is 12.6. The Morgan fingerprint density at radius 2 is 2.00 bits per heavy atom. The van der Waals surface area contributed by atoms with Gasteiger partial charge in [-0.3, -0.25) is 9.59 Å². The fraction of sp³-hybridized carbons (Fsp3) is 0.500. The van der Waals surface area contributed by atoms with E-state index in [4.69, 9.17) is 4.42 Å². The van der Waals surface area contributed by atoms with Crippen molar-refractivity contribution in [1.29, 1.82) is 0 Å². The second-order valence-corrected chi connectivity index (χ2v) is 7.85. The number of furan rings is 1. The van der Waals surface area contributed by atoms with E-state index in [0.717, 1.165) is 22.3 Å². The first-order chi connectivity index (χ1) is 12.7. The van der Waals surface area contributed by atoms with Gasteiger partial charge in [0, 0.05) is 28.5 Å². The fourth-order valence-corrected chi connectivity index (χ4v) is 4.67. The van der Waals surface area contributed by atoms with E-state index in [2.05, 4.69) is 10.1 Å². The van der Waals surface area contributed by atoms with E-state index in [1.54, 1.807) is 0 Å². The molecule has 1 N–H and O–H groups in total. The summed E-state index contributed by atoms with van der Waals surface area (Å²) in [6.07, 6.45) is 6.58. The minimum atomic E-state index is -0.344. The van der Waals surface area contributed by atoms with Crippen molar-refractivity contribution in [1.82, 2.24) is 5.32 Å². The van der Waals surface area contributed by atoms with Crippen molar-refractivity contribution in [2.24, 2.45) is 0 Å². The summed E-state index contributed by atoms with van der Waals surface area (Å²) in [6.45, 7) is 0.234. The van der Waals surface area contributed by atoms with E-state index in [0.29, 0.717) is 11.0 Å². The van der Waals surface area contributed by atoms with Gasteiger partial charge in [-0.05, 0) is 18.9 Å². The van der Waals surface area contributed by atoms with Crippen LogP contribution in [0.15, 0.2) is 28.7 Å². The highest BCUT2D eigenvalue weighted by Crippen LogP contribution is 2.34. The van der Waals surface area contributed by atoms with Gasteiger partial charge in [-0.2, -0.15) is 11.8 Å². The summed E-state index contributed by atoms with van der Waals surface area (Å²) in [7, 11) is 1.34. The van der Waals surface area contributed by atoms with Crippen LogP contribution in [0.1, 0.15) is 54.6 Å². The SMILES string of the molecule is COC(=O)CCNC(=O)c1oc2ccccc2c1CSC1CCCCC1. The second kappa shape index (κ2) is 9.12. The van der Waals surface area contributed by atoms with Crippen molar-refractivity contribution < 1.29 is 18.7 Å². The van der Waals surface area contributed by atoms with E-state index in [1.165, 1.54) is 39.2 Å². The van der Waals surface area contributed by atoms with Gasteiger partial charge in [0.2, 0.25) is 0 Å². The van der Waals surface area contributed by atoms with Gasteiger partial charge < -0.3 is 14.5 Å². The van der Waals surface area contributed by atoms with Gasteiger partial charge in [0.25, 0.3) is 5.91 Å². The van der Waals surface area contributed by atoms with Crippen LogP contribution in [0.5, 0.6) is 0 Å². The number of amides is 1. The zero-order valence-corrected chi connectivity index (χ0v) is 15.9. The lowest BCUT2D eigenvalue weighted by atomic mass is 10.0.